The summed E-state index contributed by atoms with van der Waals surface area (Å²) in [5, 5.41) is 0.365. The number of halogens is 4. The molecule has 2 aromatic heterocycles. The summed E-state index contributed by atoms with van der Waals surface area (Å²) in [6.07, 6.45) is 3.23. The number of hydrogen-bond donors (Lipinski definition) is 0. The van der Waals surface area contributed by atoms with Crippen molar-refractivity contribution in [3.8, 4) is 0 Å². The molecule has 0 aliphatic heterocycles. The fourth-order valence-electron chi connectivity index (χ4n) is 1.48. The Morgan fingerprint density at radius 1 is 1.23 bits per heavy atom. The Kier molecular flexibility index (Phi) is 7.47. The van der Waals surface area contributed by atoms with E-state index in [1.807, 2.05) is 13.8 Å². The fourth-order valence-corrected chi connectivity index (χ4v) is 1.95. The lowest BCUT2D eigenvalue weighted by Gasteiger charge is -2.07. The summed E-state index contributed by atoms with van der Waals surface area (Å²) in [4.78, 5) is 3.93. The van der Waals surface area contributed by atoms with Crippen molar-refractivity contribution >= 4 is 23.5 Å². The Morgan fingerprint density at radius 2 is 1.95 bits per heavy atom. The van der Waals surface area contributed by atoms with Crippen molar-refractivity contribution in [2.45, 2.75) is 25.9 Å². The predicted molar refractivity (Wildman–Crippen MR) is 83.3 cm³/mol. The minimum Gasteiger partial charge on any atom is -0.328 e. The van der Waals surface area contributed by atoms with Crippen molar-refractivity contribution in [3.63, 3.8) is 0 Å². The van der Waals surface area contributed by atoms with Gasteiger partial charge in [0.15, 0.2) is 0 Å². The van der Waals surface area contributed by atoms with Crippen LogP contribution in [0.3, 0.4) is 0 Å². The molecule has 0 amide bonds. The summed E-state index contributed by atoms with van der Waals surface area (Å²) in [5.41, 5.74) is -3.35. The molecule has 0 aliphatic rings. The third-order valence-corrected chi connectivity index (χ3v) is 3.01. The average Bonchev–Trinajstić information content (AvgIpc) is 2.50. The number of pyridine rings is 2. The van der Waals surface area contributed by atoms with E-state index in [9.17, 15) is 13.2 Å². The molecule has 120 valence electrons. The molecule has 0 aromatic carbocycles. The van der Waals surface area contributed by atoms with Crippen LogP contribution in [0.25, 0.3) is 0 Å². The number of aromatic nitrogens is 2. The third-order valence-electron chi connectivity index (χ3n) is 2.30. The molecule has 0 N–H and O–H groups in total. The molecule has 0 bridgehead atoms. The first-order valence-electron chi connectivity index (χ1n) is 6.49. The molecular weight excluding hydrogens is 335 g/mol. The van der Waals surface area contributed by atoms with Crippen LogP contribution < -0.4 is 5.49 Å². The van der Waals surface area contributed by atoms with Crippen LogP contribution in [0.4, 0.5) is 13.2 Å². The molecule has 0 spiro atoms. The van der Waals surface area contributed by atoms with E-state index >= 15 is 0 Å². The molecule has 2 aromatic rings. The highest BCUT2D eigenvalue weighted by molar-refractivity contribution is 7.98. The van der Waals surface area contributed by atoms with Gasteiger partial charge in [0.2, 0.25) is 0 Å². The molecule has 0 unspecified atom stereocenters. The van der Waals surface area contributed by atoms with Gasteiger partial charge in [0.25, 0.3) is 0 Å². The van der Waals surface area contributed by atoms with Crippen LogP contribution in [-0.4, -0.2) is 15.1 Å². The van der Waals surface area contributed by atoms with Gasteiger partial charge in [-0.2, -0.15) is 17.6 Å². The molecule has 22 heavy (non-hydrogen) atoms. The quantitative estimate of drug-likeness (QED) is 0.595. The lowest BCUT2D eigenvalue weighted by atomic mass is 10.3. The van der Waals surface area contributed by atoms with Crippen molar-refractivity contribution in [2.24, 2.45) is 4.40 Å². The Hall–Kier alpha value is -1.47. The molecule has 0 radical (unpaired) electrons. The highest BCUT2D eigenvalue weighted by Gasteiger charge is 2.28. The molecule has 0 aliphatic carbocycles. The van der Waals surface area contributed by atoms with Crippen LogP contribution in [0.5, 0.6) is 0 Å². The average molecular weight is 350 g/mol. The van der Waals surface area contributed by atoms with Crippen LogP contribution in [0, 0.1) is 0 Å². The first-order chi connectivity index (χ1) is 10.4. The van der Waals surface area contributed by atoms with E-state index < -0.39 is 17.5 Å². The molecular formula is C14H15ClF3N3S. The molecule has 0 saturated carbocycles. The monoisotopic (exact) mass is 349 g/mol. The van der Waals surface area contributed by atoms with Crippen molar-refractivity contribution in [2.75, 3.05) is 0 Å². The van der Waals surface area contributed by atoms with Crippen molar-refractivity contribution in [1.29, 1.82) is 0 Å². The van der Waals surface area contributed by atoms with Gasteiger partial charge in [0.1, 0.15) is 10.6 Å². The largest absolute Gasteiger partial charge is 0.463 e. The number of rotatable bonds is 3. The van der Waals surface area contributed by atoms with Crippen molar-refractivity contribution in [3.05, 3.63) is 58.9 Å². The lowest BCUT2D eigenvalue weighted by molar-refractivity contribution is -0.0328. The topological polar surface area (TPSA) is 30.2 Å². The maximum atomic E-state index is 12.2. The summed E-state index contributed by atoms with van der Waals surface area (Å²) < 4.78 is 41.6. The van der Waals surface area contributed by atoms with Gasteiger partial charge in [0, 0.05) is 12.4 Å². The van der Waals surface area contributed by atoms with Crippen LogP contribution in [-0.2, 0) is 6.54 Å². The second kappa shape index (κ2) is 8.85. The van der Waals surface area contributed by atoms with Crippen LogP contribution >= 0.6 is 23.5 Å². The zero-order valence-electron chi connectivity index (χ0n) is 12.0. The highest BCUT2D eigenvalue weighted by Crippen LogP contribution is 2.30. The number of hydrogen-bond acceptors (Lipinski definition) is 3. The van der Waals surface area contributed by atoms with Gasteiger partial charge in [-0.25, -0.2) is 4.98 Å². The predicted octanol–water partition coefficient (Wildman–Crippen LogP) is 4.68. The van der Waals surface area contributed by atoms with Crippen LogP contribution in [0.15, 0.2) is 47.1 Å². The van der Waals surface area contributed by atoms with Gasteiger partial charge in [-0.3, -0.25) is 0 Å². The summed E-state index contributed by atoms with van der Waals surface area (Å²) in [7, 11) is 0. The third kappa shape index (κ3) is 6.53. The summed E-state index contributed by atoms with van der Waals surface area (Å²) in [6, 6.07) is 8.26. The maximum Gasteiger partial charge on any atom is 0.463 e. The van der Waals surface area contributed by atoms with E-state index in [0.717, 1.165) is 5.56 Å². The minimum atomic E-state index is -4.39. The van der Waals surface area contributed by atoms with Gasteiger partial charge in [-0.05, 0) is 23.8 Å². The Bertz CT molecular complexity index is 639. The minimum absolute atomic E-state index is 0.227. The fraction of sp³-hybridized carbons (Fsp3) is 0.286. The zero-order valence-corrected chi connectivity index (χ0v) is 13.6. The van der Waals surface area contributed by atoms with E-state index in [1.54, 1.807) is 41.2 Å². The van der Waals surface area contributed by atoms with E-state index in [2.05, 4.69) is 9.38 Å². The molecule has 2 rings (SSSR count). The molecule has 3 nitrogen and oxygen atoms in total. The van der Waals surface area contributed by atoms with Gasteiger partial charge in [0.05, 0.1) is 18.5 Å². The summed E-state index contributed by atoms with van der Waals surface area (Å²) in [5.74, 6) is 0. The lowest BCUT2D eigenvalue weighted by Crippen LogP contribution is -2.20. The van der Waals surface area contributed by atoms with Crippen LogP contribution in [0.1, 0.15) is 19.4 Å². The summed E-state index contributed by atoms with van der Waals surface area (Å²) >= 11 is 5.26. The molecule has 8 heteroatoms. The van der Waals surface area contributed by atoms with E-state index in [1.165, 1.54) is 6.07 Å². The molecule has 0 atom stereocenters. The molecule has 0 fully saturated rings. The standard InChI is InChI=1S/C12H9ClF3N3S.C2H6/c13-10-5-4-9(7-17-10)8-19-6-2-1-3-11(19)18-20-12(14,15)16;1-2/h1-7H,8H2;1-2H3/b18-11+;. The van der Waals surface area contributed by atoms with E-state index in [-0.39, 0.29) is 5.49 Å². The van der Waals surface area contributed by atoms with Crippen molar-refractivity contribution < 1.29 is 13.2 Å². The zero-order chi connectivity index (χ0) is 16.6. The Balaban J connectivity index is 0.00000116. The number of alkyl halides is 3. The molecule has 0 saturated heterocycles. The molecule has 2 heterocycles. The second-order valence-electron chi connectivity index (χ2n) is 3.80. The van der Waals surface area contributed by atoms with Gasteiger partial charge in [-0.1, -0.05) is 37.6 Å². The van der Waals surface area contributed by atoms with Crippen LogP contribution in [0.2, 0.25) is 5.15 Å². The normalized spacial score (nSPS) is 11.8. The first-order valence-corrected chi connectivity index (χ1v) is 7.64. The number of nitrogens with zero attached hydrogens (tertiary/aromatic N) is 3. The van der Waals surface area contributed by atoms with E-state index in [0.29, 0.717) is 11.7 Å². The van der Waals surface area contributed by atoms with Crippen molar-refractivity contribution in [1.82, 2.24) is 9.55 Å². The first kappa shape index (κ1) is 18.6. The second-order valence-corrected chi connectivity index (χ2v) is 5.02. The Labute approximate surface area is 136 Å². The highest BCUT2D eigenvalue weighted by atomic mass is 35.5. The maximum absolute atomic E-state index is 12.2. The summed E-state index contributed by atoms with van der Waals surface area (Å²) in [6.45, 7) is 4.36. The SMILES string of the molecule is CC.FC(F)(F)S/N=c1\ccccn1Cc1ccc(Cl)nc1. The van der Waals surface area contributed by atoms with Gasteiger partial charge >= 0.3 is 5.51 Å². The van der Waals surface area contributed by atoms with E-state index in [4.69, 9.17) is 11.6 Å². The van der Waals surface area contributed by atoms with Gasteiger partial charge < -0.3 is 4.57 Å². The van der Waals surface area contributed by atoms with Gasteiger partial charge in [-0.15, -0.1) is 0 Å². The Morgan fingerprint density at radius 3 is 2.55 bits per heavy atom. The smallest absolute Gasteiger partial charge is 0.328 e.